The number of nitrogens with one attached hydrogen (secondary N) is 1. The first-order chi connectivity index (χ1) is 8.99. The number of carbonyl (C=O) groups is 2. The van der Waals surface area contributed by atoms with E-state index < -0.39 is 0 Å². The van der Waals surface area contributed by atoms with Gasteiger partial charge in [0.25, 0.3) is 0 Å². The lowest BCUT2D eigenvalue weighted by atomic mass is 10.3. The molecule has 2 aromatic heterocycles. The summed E-state index contributed by atoms with van der Waals surface area (Å²) in [6.07, 6.45) is 3.17. The molecule has 7 heteroatoms. The zero-order valence-corrected chi connectivity index (χ0v) is 11.0. The van der Waals surface area contributed by atoms with Crippen LogP contribution in [0.25, 0.3) is 10.9 Å². The summed E-state index contributed by atoms with van der Waals surface area (Å²) in [6.45, 7) is 1.57. The quantitative estimate of drug-likeness (QED) is 0.871. The lowest BCUT2D eigenvalue weighted by Crippen LogP contribution is -2.26. The molecule has 0 aromatic carbocycles. The van der Waals surface area contributed by atoms with E-state index in [0.717, 1.165) is 5.52 Å². The Labute approximate surface area is 110 Å². The third-order valence-electron chi connectivity index (χ3n) is 2.65. The molecule has 1 N–H and O–H groups in total. The Kier molecular flexibility index (Phi) is 3.46. The van der Waals surface area contributed by atoms with E-state index in [9.17, 15) is 9.59 Å². The molecule has 19 heavy (non-hydrogen) atoms. The normalized spacial score (nSPS) is 10.5. The number of anilines is 1. The van der Waals surface area contributed by atoms with Gasteiger partial charge in [-0.3, -0.25) is 14.3 Å². The summed E-state index contributed by atoms with van der Waals surface area (Å²) in [6, 6.07) is 1.76. The molecule has 0 spiro atoms. The largest absolute Gasteiger partial charge is 0.347 e. The zero-order chi connectivity index (χ0) is 14.0. The van der Waals surface area contributed by atoms with Gasteiger partial charge in [0.05, 0.1) is 17.1 Å². The number of hydrogen-bond donors (Lipinski definition) is 1. The van der Waals surface area contributed by atoms with Crippen molar-refractivity contribution in [2.75, 3.05) is 19.4 Å². The summed E-state index contributed by atoms with van der Waals surface area (Å²) in [5.41, 5.74) is 0.758. The molecule has 0 unspecified atom stereocenters. The first kappa shape index (κ1) is 13.0. The minimum absolute atomic E-state index is 0.0529. The lowest BCUT2D eigenvalue weighted by molar-refractivity contribution is -0.129. The SMILES string of the molecule is CC(=O)Nc1nccc2c1cnn2CC(=O)N(C)C. The minimum atomic E-state index is -0.197. The fourth-order valence-corrected chi connectivity index (χ4v) is 1.67. The smallest absolute Gasteiger partial charge is 0.243 e. The number of nitrogens with zero attached hydrogens (tertiary/aromatic N) is 4. The Morgan fingerprint density at radius 1 is 1.42 bits per heavy atom. The van der Waals surface area contributed by atoms with Crippen molar-refractivity contribution in [2.45, 2.75) is 13.5 Å². The van der Waals surface area contributed by atoms with Crippen molar-refractivity contribution in [3.05, 3.63) is 18.5 Å². The monoisotopic (exact) mass is 261 g/mol. The maximum absolute atomic E-state index is 11.7. The van der Waals surface area contributed by atoms with E-state index in [-0.39, 0.29) is 18.4 Å². The molecule has 7 nitrogen and oxygen atoms in total. The van der Waals surface area contributed by atoms with Gasteiger partial charge in [0, 0.05) is 27.2 Å². The molecule has 0 aliphatic rings. The maximum atomic E-state index is 11.7. The van der Waals surface area contributed by atoms with Crippen molar-refractivity contribution in [1.82, 2.24) is 19.7 Å². The van der Waals surface area contributed by atoms with Gasteiger partial charge in [0.15, 0.2) is 0 Å². The number of fused-ring (bicyclic) bond motifs is 1. The summed E-state index contributed by atoms with van der Waals surface area (Å²) in [5.74, 6) is 0.202. The molecule has 0 saturated heterocycles. The molecule has 0 aliphatic carbocycles. The highest BCUT2D eigenvalue weighted by Crippen LogP contribution is 2.20. The van der Waals surface area contributed by atoms with Gasteiger partial charge in [0.2, 0.25) is 11.8 Å². The first-order valence-electron chi connectivity index (χ1n) is 5.77. The van der Waals surface area contributed by atoms with E-state index in [0.29, 0.717) is 11.2 Å². The summed E-state index contributed by atoms with van der Waals surface area (Å²) >= 11 is 0. The predicted molar refractivity (Wildman–Crippen MR) is 70.5 cm³/mol. The van der Waals surface area contributed by atoms with Crippen LogP contribution in [0.4, 0.5) is 5.82 Å². The number of hydrogen-bond acceptors (Lipinski definition) is 4. The lowest BCUT2D eigenvalue weighted by Gasteiger charge is -2.10. The van der Waals surface area contributed by atoms with Gasteiger partial charge in [-0.25, -0.2) is 4.98 Å². The van der Waals surface area contributed by atoms with Crippen LogP contribution in [0.2, 0.25) is 0 Å². The number of pyridine rings is 1. The summed E-state index contributed by atoms with van der Waals surface area (Å²) in [4.78, 5) is 28.4. The van der Waals surface area contributed by atoms with Crippen LogP contribution < -0.4 is 5.32 Å². The van der Waals surface area contributed by atoms with E-state index in [2.05, 4.69) is 15.4 Å². The molecule has 0 fully saturated rings. The molecule has 0 saturated carbocycles. The molecule has 2 heterocycles. The number of aromatic nitrogens is 3. The fraction of sp³-hybridized carbons (Fsp3) is 0.333. The van der Waals surface area contributed by atoms with Crippen molar-refractivity contribution in [3.63, 3.8) is 0 Å². The molecule has 0 atom stereocenters. The van der Waals surface area contributed by atoms with Crippen LogP contribution in [0, 0.1) is 0 Å². The Morgan fingerprint density at radius 3 is 2.79 bits per heavy atom. The molecular weight excluding hydrogens is 246 g/mol. The van der Waals surface area contributed by atoms with Crippen LogP contribution in [-0.2, 0) is 16.1 Å². The van der Waals surface area contributed by atoms with Crippen LogP contribution >= 0.6 is 0 Å². The molecule has 0 aliphatic heterocycles. The topological polar surface area (TPSA) is 80.1 Å². The first-order valence-corrected chi connectivity index (χ1v) is 5.77. The van der Waals surface area contributed by atoms with Crippen LogP contribution in [0.3, 0.4) is 0 Å². The van der Waals surface area contributed by atoms with Gasteiger partial charge >= 0.3 is 0 Å². The number of amides is 2. The molecule has 0 bridgehead atoms. The second kappa shape index (κ2) is 5.05. The van der Waals surface area contributed by atoms with Crippen LogP contribution in [0.1, 0.15) is 6.92 Å². The van der Waals surface area contributed by atoms with Crippen LogP contribution in [-0.4, -0.2) is 45.6 Å². The highest BCUT2D eigenvalue weighted by atomic mass is 16.2. The molecule has 2 aromatic rings. The highest BCUT2D eigenvalue weighted by molar-refractivity contribution is 5.98. The van der Waals surface area contributed by atoms with Gasteiger partial charge in [0.1, 0.15) is 12.4 Å². The number of likely N-dealkylation sites (N-methyl/N-ethyl adjacent to an activating group) is 1. The number of rotatable bonds is 3. The van der Waals surface area contributed by atoms with E-state index in [1.807, 2.05) is 0 Å². The Balaban J connectivity index is 2.38. The van der Waals surface area contributed by atoms with Crippen molar-refractivity contribution in [3.8, 4) is 0 Å². The second-order valence-corrected chi connectivity index (χ2v) is 4.36. The Bertz CT molecular complexity index is 632. The summed E-state index contributed by atoms with van der Waals surface area (Å²) < 4.78 is 1.59. The fourth-order valence-electron chi connectivity index (χ4n) is 1.67. The van der Waals surface area contributed by atoms with Crippen molar-refractivity contribution in [2.24, 2.45) is 0 Å². The zero-order valence-electron chi connectivity index (χ0n) is 11.0. The predicted octanol–water partition coefficient (Wildman–Crippen LogP) is 0.478. The van der Waals surface area contributed by atoms with Crippen LogP contribution in [0.15, 0.2) is 18.5 Å². The number of carbonyl (C=O) groups excluding carboxylic acids is 2. The third kappa shape index (κ3) is 2.70. The van der Waals surface area contributed by atoms with Crippen LogP contribution in [0.5, 0.6) is 0 Å². The van der Waals surface area contributed by atoms with E-state index >= 15 is 0 Å². The van der Waals surface area contributed by atoms with E-state index in [4.69, 9.17) is 0 Å². The molecule has 2 amide bonds. The van der Waals surface area contributed by atoms with Crippen molar-refractivity contribution in [1.29, 1.82) is 0 Å². The molecule has 100 valence electrons. The molecular formula is C12H15N5O2. The summed E-state index contributed by atoms with van der Waals surface area (Å²) in [7, 11) is 3.39. The average Bonchev–Trinajstić information content (AvgIpc) is 2.73. The van der Waals surface area contributed by atoms with Gasteiger partial charge in [-0.05, 0) is 6.07 Å². The van der Waals surface area contributed by atoms with Gasteiger partial charge in [-0.1, -0.05) is 0 Å². The van der Waals surface area contributed by atoms with Gasteiger partial charge in [-0.2, -0.15) is 5.10 Å². The molecule has 0 radical (unpaired) electrons. The Hall–Kier alpha value is -2.44. The minimum Gasteiger partial charge on any atom is -0.347 e. The van der Waals surface area contributed by atoms with E-state index in [1.54, 1.807) is 37.2 Å². The highest BCUT2D eigenvalue weighted by Gasteiger charge is 2.12. The second-order valence-electron chi connectivity index (χ2n) is 4.36. The van der Waals surface area contributed by atoms with E-state index in [1.165, 1.54) is 11.8 Å². The summed E-state index contributed by atoms with van der Waals surface area (Å²) in [5, 5.41) is 7.51. The molecule has 2 rings (SSSR count). The third-order valence-corrected chi connectivity index (χ3v) is 2.65. The van der Waals surface area contributed by atoms with Crippen molar-refractivity contribution >= 4 is 28.5 Å². The van der Waals surface area contributed by atoms with Gasteiger partial charge < -0.3 is 10.2 Å². The van der Waals surface area contributed by atoms with Gasteiger partial charge in [-0.15, -0.1) is 0 Å². The Morgan fingerprint density at radius 2 is 2.16 bits per heavy atom. The maximum Gasteiger partial charge on any atom is 0.243 e. The van der Waals surface area contributed by atoms with Crippen molar-refractivity contribution < 1.29 is 9.59 Å². The standard InChI is InChI=1S/C12H15N5O2/c1-8(18)15-12-9-6-14-17(7-11(19)16(2)3)10(9)4-5-13-12/h4-6H,7H2,1-3H3,(H,13,15,18). The average molecular weight is 261 g/mol.